The number of esters is 2. The van der Waals surface area contributed by atoms with Gasteiger partial charge >= 0.3 is 11.9 Å². The lowest BCUT2D eigenvalue weighted by atomic mass is 10.0. The topological polar surface area (TPSA) is 78.6 Å². The van der Waals surface area contributed by atoms with Crippen LogP contribution in [0.15, 0.2) is 0 Å². The van der Waals surface area contributed by atoms with Crippen LogP contribution in [0.3, 0.4) is 0 Å². The van der Waals surface area contributed by atoms with E-state index in [0.717, 1.165) is 0 Å². The Hall–Kier alpha value is -1.10. The van der Waals surface area contributed by atoms with Crippen molar-refractivity contribution in [2.24, 2.45) is 23.5 Å². The Morgan fingerprint density at radius 3 is 1.68 bits per heavy atom. The monoisotopic (exact) mass is 273 g/mol. The molecule has 0 aromatic heterocycles. The van der Waals surface area contributed by atoms with Crippen molar-refractivity contribution in [3.05, 3.63) is 0 Å². The summed E-state index contributed by atoms with van der Waals surface area (Å²) in [7, 11) is 0. The molecule has 19 heavy (non-hydrogen) atoms. The molecule has 0 aromatic rings. The molecule has 0 atom stereocenters. The number of carbonyl (C=O) groups excluding carboxylic acids is 2. The van der Waals surface area contributed by atoms with E-state index in [-0.39, 0.29) is 11.8 Å². The Morgan fingerprint density at radius 2 is 1.37 bits per heavy atom. The molecule has 0 amide bonds. The molecule has 0 saturated heterocycles. The normalized spacial score (nSPS) is 11.2. The molecule has 0 heterocycles. The van der Waals surface area contributed by atoms with Gasteiger partial charge in [0.25, 0.3) is 0 Å². The van der Waals surface area contributed by atoms with Crippen molar-refractivity contribution < 1.29 is 19.1 Å². The van der Waals surface area contributed by atoms with Gasteiger partial charge in [-0.25, -0.2) is 0 Å². The minimum atomic E-state index is -0.846. The fourth-order valence-electron chi connectivity index (χ4n) is 1.35. The highest BCUT2D eigenvalue weighted by molar-refractivity contribution is 5.94. The van der Waals surface area contributed by atoms with E-state index in [2.05, 4.69) is 0 Å². The Bertz CT molecular complexity index is 253. The van der Waals surface area contributed by atoms with Crippen LogP contribution < -0.4 is 5.73 Å². The van der Waals surface area contributed by atoms with Crippen LogP contribution in [-0.2, 0) is 19.1 Å². The van der Waals surface area contributed by atoms with Gasteiger partial charge in [0.2, 0.25) is 0 Å². The molecule has 0 aliphatic heterocycles. The largest absolute Gasteiger partial charge is 0.465 e. The minimum Gasteiger partial charge on any atom is -0.465 e. The zero-order valence-electron chi connectivity index (χ0n) is 12.5. The molecule has 0 saturated carbocycles. The third-order valence-corrected chi connectivity index (χ3v) is 2.38. The van der Waals surface area contributed by atoms with E-state index in [1.165, 1.54) is 0 Å². The molecule has 0 bridgehead atoms. The van der Waals surface area contributed by atoms with Crippen LogP contribution in [-0.4, -0.2) is 31.7 Å². The summed E-state index contributed by atoms with van der Waals surface area (Å²) in [5.41, 5.74) is 5.42. The second-order valence-corrected chi connectivity index (χ2v) is 5.53. The highest BCUT2D eigenvalue weighted by Crippen LogP contribution is 2.12. The van der Waals surface area contributed by atoms with E-state index in [9.17, 15) is 9.59 Å². The second-order valence-electron chi connectivity index (χ2n) is 5.53. The van der Waals surface area contributed by atoms with E-state index >= 15 is 0 Å². The van der Waals surface area contributed by atoms with E-state index in [0.29, 0.717) is 32.6 Å². The van der Waals surface area contributed by atoms with Crippen molar-refractivity contribution in [2.75, 3.05) is 19.8 Å². The first-order chi connectivity index (χ1) is 8.88. The summed E-state index contributed by atoms with van der Waals surface area (Å²) in [5.74, 6) is -1.37. The molecule has 112 valence electrons. The summed E-state index contributed by atoms with van der Waals surface area (Å²) in [6.07, 6.45) is 0.975. The van der Waals surface area contributed by atoms with E-state index in [1.807, 2.05) is 27.7 Å². The lowest BCUT2D eigenvalue weighted by Crippen LogP contribution is -2.30. The van der Waals surface area contributed by atoms with E-state index < -0.39 is 17.9 Å². The average Bonchev–Trinajstić information content (AvgIpc) is 2.34. The smallest absolute Gasteiger partial charge is 0.320 e. The first-order valence-electron chi connectivity index (χ1n) is 6.91. The standard InChI is InChI=1S/C14H27NO4/c1-10(2)8-18-13(16)12(6-5-7-15)14(17)19-9-11(3)4/h10-12H,5-9,15H2,1-4H3. The van der Waals surface area contributed by atoms with Gasteiger partial charge in [-0.2, -0.15) is 0 Å². The lowest BCUT2D eigenvalue weighted by molar-refractivity contribution is -0.163. The molecule has 2 N–H and O–H groups in total. The van der Waals surface area contributed by atoms with E-state index in [1.54, 1.807) is 0 Å². The summed E-state index contributed by atoms with van der Waals surface area (Å²) in [6, 6.07) is 0. The molecular weight excluding hydrogens is 246 g/mol. The van der Waals surface area contributed by atoms with Crippen molar-refractivity contribution in [2.45, 2.75) is 40.5 Å². The zero-order valence-corrected chi connectivity index (χ0v) is 12.5. The SMILES string of the molecule is CC(C)COC(=O)C(CCCN)C(=O)OCC(C)C. The highest BCUT2D eigenvalue weighted by Gasteiger charge is 2.29. The predicted molar refractivity (Wildman–Crippen MR) is 73.4 cm³/mol. The maximum Gasteiger partial charge on any atom is 0.320 e. The van der Waals surface area contributed by atoms with Gasteiger partial charge < -0.3 is 15.2 Å². The number of hydrogen-bond acceptors (Lipinski definition) is 5. The predicted octanol–water partition coefficient (Wildman–Crippen LogP) is 1.74. The van der Waals surface area contributed by atoms with Crippen molar-refractivity contribution >= 4 is 11.9 Å². The van der Waals surface area contributed by atoms with Gasteiger partial charge in [0.15, 0.2) is 5.92 Å². The average molecular weight is 273 g/mol. The third-order valence-electron chi connectivity index (χ3n) is 2.38. The Morgan fingerprint density at radius 1 is 0.947 bits per heavy atom. The highest BCUT2D eigenvalue weighted by atomic mass is 16.6. The summed E-state index contributed by atoms with van der Waals surface area (Å²) in [5, 5.41) is 0. The van der Waals surface area contributed by atoms with Gasteiger partial charge in [-0.15, -0.1) is 0 Å². The molecule has 0 radical (unpaired) electrons. The van der Waals surface area contributed by atoms with Gasteiger partial charge in [0, 0.05) is 0 Å². The molecule has 5 nitrogen and oxygen atoms in total. The zero-order chi connectivity index (χ0) is 14.8. The van der Waals surface area contributed by atoms with Crippen LogP contribution in [0.4, 0.5) is 0 Å². The number of nitrogens with two attached hydrogens (primary N) is 1. The summed E-state index contributed by atoms with van der Waals surface area (Å²) in [4.78, 5) is 23.8. The maximum atomic E-state index is 11.9. The van der Waals surface area contributed by atoms with Crippen LogP contribution in [0.1, 0.15) is 40.5 Å². The fourth-order valence-corrected chi connectivity index (χ4v) is 1.35. The molecule has 0 spiro atoms. The quantitative estimate of drug-likeness (QED) is 0.511. The molecule has 0 aliphatic rings. The fraction of sp³-hybridized carbons (Fsp3) is 0.857. The molecule has 0 rings (SSSR count). The summed E-state index contributed by atoms with van der Waals surface area (Å²) >= 11 is 0. The maximum absolute atomic E-state index is 11.9. The van der Waals surface area contributed by atoms with Gasteiger partial charge in [-0.1, -0.05) is 27.7 Å². The van der Waals surface area contributed by atoms with Gasteiger partial charge in [-0.3, -0.25) is 9.59 Å². The Balaban J connectivity index is 4.42. The molecular formula is C14H27NO4. The Labute approximate surface area is 115 Å². The van der Waals surface area contributed by atoms with Crippen LogP contribution in [0, 0.1) is 17.8 Å². The van der Waals surface area contributed by atoms with Gasteiger partial charge in [0.1, 0.15) is 0 Å². The minimum absolute atomic E-state index is 0.241. The molecule has 0 aromatic carbocycles. The second kappa shape index (κ2) is 9.78. The van der Waals surface area contributed by atoms with Crippen LogP contribution in [0.5, 0.6) is 0 Å². The first-order valence-corrected chi connectivity index (χ1v) is 6.91. The van der Waals surface area contributed by atoms with Crippen LogP contribution in [0.25, 0.3) is 0 Å². The van der Waals surface area contributed by atoms with Gasteiger partial charge in [0.05, 0.1) is 13.2 Å². The first kappa shape index (κ1) is 17.9. The third kappa shape index (κ3) is 8.59. The lowest BCUT2D eigenvalue weighted by Gasteiger charge is -2.16. The molecule has 0 unspecified atom stereocenters. The Kier molecular flexibility index (Phi) is 9.21. The summed E-state index contributed by atoms with van der Waals surface area (Å²) < 4.78 is 10.2. The molecule has 5 heteroatoms. The number of rotatable bonds is 9. The van der Waals surface area contributed by atoms with Crippen LogP contribution >= 0.6 is 0 Å². The summed E-state index contributed by atoms with van der Waals surface area (Å²) in [6.45, 7) is 8.84. The van der Waals surface area contributed by atoms with E-state index in [4.69, 9.17) is 15.2 Å². The van der Waals surface area contributed by atoms with Crippen LogP contribution in [0.2, 0.25) is 0 Å². The number of carbonyl (C=O) groups is 2. The molecule has 0 aliphatic carbocycles. The van der Waals surface area contributed by atoms with Crippen molar-refractivity contribution in [3.8, 4) is 0 Å². The molecule has 0 fully saturated rings. The number of ether oxygens (including phenoxy) is 2. The number of hydrogen-bond donors (Lipinski definition) is 1. The van der Waals surface area contributed by atoms with Crippen molar-refractivity contribution in [1.29, 1.82) is 0 Å². The van der Waals surface area contributed by atoms with Crippen molar-refractivity contribution in [1.82, 2.24) is 0 Å². The van der Waals surface area contributed by atoms with Crippen molar-refractivity contribution in [3.63, 3.8) is 0 Å². The van der Waals surface area contributed by atoms with Gasteiger partial charge in [-0.05, 0) is 31.2 Å².